The van der Waals surface area contributed by atoms with Crippen LogP contribution in [0, 0.1) is 5.92 Å². The second-order valence-corrected chi connectivity index (χ2v) is 5.66. The molecule has 100 valence electrons. The third kappa shape index (κ3) is 4.63. The summed E-state index contributed by atoms with van der Waals surface area (Å²) in [4.78, 5) is 10.5. The first-order valence-corrected chi connectivity index (χ1v) is 6.67. The van der Waals surface area contributed by atoms with Gasteiger partial charge in [-0.05, 0) is 12.8 Å². The molecule has 0 radical (unpaired) electrons. The number of carboxylic acid groups (broad SMARTS) is 1. The molecule has 4 nitrogen and oxygen atoms in total. The lowest BCUT2D eigenvalue weighted by Crippen LogP contribution is -2.44. The van der Waals surface area contributed by atoms with Crippen LogP contribution in [0.1, 0.15) is 12.8 Å². The van der Waals surface area contributed by atoms with Gasteiger partial charge in [-0.1, -0.05) is 0 Å². The molecule has 0 saturated carbocycles. The third-order valence-corrected chi connectivity index (χ3v) is 4.07. The fourth-order valence-electron chi connectivity index (χ4n) is 1.63. The van der Waals surface area contributed by atoms with Gasteiger partial charge in [-0.3, -0.25) is 9.00 Å². The van der Waals surface area contributed by atoms with Crippen LogP contribution in [-0.4, -0.2) is 45.6 Å². The van der Waals surface area contributed by atoms with Crippen LogP contribution in [0.5, 0.6) is 0 Å². The SMILES string of the molecule is O=C(O)C(CNC1CCS(=O)CC1)C(F)(F)F. The van der Waals surface area contributed by atoms with Gasteiger partial charge in [-0.15, -0.1) is 0 Å². The molecule has 0 aromatic rings. The summed E-state index contributed by atoms with van der Waals surface area (Å²) in [6, 6.07) is -0.170. The number of carbonyl (C=O) groups is 1. The Kier molecular flexibility index (Phi) is 4.93. The zero-order valence-electron chi connectivity index (χ0n) is 9.00. The highest BCUT2D eigenvalue weighted by Crippen LogP contribution is 2.26. The average Bonchev–Trinajstić information content (AvgIpc) is 2.18. The van der Waals surface area contributed by atoms with Gasteiger partial charge in [0.1, 0.15) is 0 Å². The molecule has 1 aliphatic rings. The number of carboxylic acids is 1. The Hall–Kier alpha value is -0.630. The van der Waals surface area contributed by atoms with E-state index in [4.69, 9.17) is 5.11 Å². The zero-order valence-corrected chi connectivity index (χ0v) is 9.81. The topological polar surface area (TPSA) is 66.4 Å². The predicted molar refractivity (Wildman–Crippen MR) is 56.1 cm³/mol. The van der Waals surface area contributed by atoms with Gasteiger partial charge in [-0.25, -0.2) is 0 Å². The maximum atomic E-state index is 12.3. The smallest absolute Gasteiger partial charge is 0.403 e. The molecule has 2 N–H and O–H groups in total. The summed E-state index contributed by atoms with van der Waals surface area (Å²) in [6.45, 7) is -0.629. The summed E-state index contributed by atoms with van der Waals surface area (Å²) in [5, 5.41) is 11.1. The van der Waals surface area contributed by atoms with Gasteiger partial charge >= 0.3 is 12.1 Å². The Morgan fingerprint density at radius 3 is 2.35 bits per heavy atom. The van der Waals surface area contributed by atoms with Crippen LogP contribution in [0.3, 0.4) is 0 Å². The maximum absolute atomic E-state index is 12.3. The second-order valence-electron chi connectivity index (χ2n) is 3.96. The van der Waals surface area contributed by atoms with Crippen LogP contribution in [-0.2, 0) is 15.6 Å². The van der Waals surface area contributed by atoms with Crippen molar-refractivity contribution in [1.29, 1.82) is 0 Å². The highest BCUT2D eigenvalue weighted by Gasteiger charge is 2.45. The first kappa shape index (κ1) is 14.4. The highest BCUT2D eigenvalue weighted by atomic mass is 32.2. The van der Waals surface area contributed by atoms with E-state index < -0.39 is 35.4 Å². The normalized spacial score (nSPS) is 27.7. The molecule has 1 aliphatic heterocycles. The van der Waals surface area contributed by atoms with Gasteiger partial charge in [0.05, 0.1) is 0 Å². The number of hydrogen-bond donors (Lipinski definition) is 2. The molecule has 0 spiro atoms. The molecule has 1 unspecified atom stereocenters. The molecular weight excluding hydrogens is 259 g/mol. The first-order chi connectivity index (χ1) is 7.80. The number of nitrogens with one attached hydrogen (secondary N) is 1. The van der Waals surface area contributed by atoms with E-state index in [2.05, 4.69) is 5.32 Å². The van der Waals surface area contributed by atoms with Gasteiger partial charge in [0.2, 0.25) is 0 Å². The van der Waals surface area contributed by atoms with E-state index in [1.807, 2.05) is 0 Å². The van der Waals surface area contributed by atoms with Crippen LogP contribution in [0.25, 0.3) is 0 Å². The molecule has 1 fully saturated rings. The molecule has 1 saturated heterocycles. The molecule has 0 amide bonds. The third-order valence-electron chi connectivity index (χ3n) is 2.69. The number of alkyl halides is 3. The van der Waals surface area contributed by atoms with Gasteiger partial charge in [0.25, 0.3) is 0 Å². The van der Waals surface area contributed by atoms with E-state index in [0.29, 0.717) is 24.3 Å². The summed E-state index contributed by atoms with van der Waals surface area (Å²) in [5.41, 5.74) is 0. The predicted octanol–water partition coefficient (Wildman–Crippen LogP) is 0.750. The number of halogens is 3. The van der Waals surface area contributed by atoms with Crippen molar-refractivity contribution in [2.75, 3.05) is 18.1 Å². The van der Waals surface area contributed by atoms with Gasteiger partial charge in [0.15, 0.2) is 5.92 Å². The van der Waals surface area contributed by atoms with E-state index >= 15 is 0 Å². The minimum absolute atomic E-state index is 0.170. The van der Waals surface area contributed by atoms with Crippen LogP contribution < -0.4 is 5.32 Å². The minimum atomic E-state index is -4.74. The standard InChI is InChI=1S/C9H14F3NO3S/c10-9(11,12)7(8(14)15)5-13-6-1-3-17(16)4-2-6/h6-7,13H,1-5H2,(H,14,15). The zero-order chi connectivity index (χ0) is 13.1. The fourth-order valence-corrected chi connectivity index (χ4v) is 2.92. The second kappa shape index (κ2) is 5.81. The molecule has 0 bridgehead atoms. The molecule has 1 rings (SSSR count). The van der Waals surface area contributed by atoms with Crippen molar-refractivity contribution in [3.8, 4) is 0 Å². The van der Waals surface area contributed by atoms with Crippen molar-refractivity contribution in [2.24, 2.45) is 5.92 Å². The van der Waals surface area contributed by atoms with E-state index in [9.17, 15) is 22.2 Å². The van der Waals surface area contributed by atoms with E-state index in [1.165, 1.54) is 0 Å². The average molecular weight is 273 g/mol. The van der Waals surface area contributed by atoms with Crippen LogP contribution in [0.2, 0.25) is 0 Å². The molecule has 1 heterocycles. The quantitative estimate of drug-likeness (QED) is 0.793. The molecule has 0 aromatic heterocycles. The van der Waals surface area contributed by atoms with Crippen LogP contribution in [0.15, 0.2) is 0 Å². The summed E-state index contributed by atoms with van der Waals surface area (Å²) in [7, 11) is -0.880. The van der Waals surface area contributed by atoms with Crippen molar-refractivity contribution in [2.45, 2.75) is 25.1 Å². The maximum Gasteiger partial charge on any atom is 0.403 e. The van der Waals surface area contributed by atoms with Gasteiger partial charge < -0.3 is 10.4 Å². The number of aliphatic carboxylic acids is 1. The lowest BCUT2D eigenvalue weighted by molar-refractivity contribution is -0.192. The largest absolute Gasteiger partial charge is 0.481 e. The summed E-state index contributed by atoms with van der Waals surface area (Å²) in [6.07, 6.45) is -3.69. The molecule has 0 aliphatic carbocycles. The summed E-state index contributed by atoms with van der Waals surface area (Å²) < 4.78 is 48.0. The van der Waals surface area contributed by atoms with Gasteiger partial charge in [0, 0.05) is 34.9 Å². The molecule has 0 aromatic carbocycles. The van der Waals surface area contributed by atoms with Crippen molar-refractivity contribution in [3.05, 3.63) is 0 Å². The van der Waals surface area contributed by atoms with E-state index in [1.54, 1.807) is 0 Å². The van der Waals surface area contributed by atoms with E-state index in [0.717, 1.165) is 0 Å². The minimum Gasteiger partial charge on any atom is -0.481 e. The van der Waals surface area contributed by atoms with Crippen molar-refractivity contribution in [1.82, 2.24) is 5.32 Å². The fraction of sp³-hybridized carbons (Fsp3) is 0.889. The monoisotopic (exact) mass is 273 g/mol. The molecule has 8 heteroatoms. The van der Waals surface area contributed by atoms with Crippen molar-refractivity contribution < 1.29 is 27.3 Å². The van der Waals surface area contributed by atoms with Crippen LogP contribution >= 0.6 is 0 Å². The van der Waals surface area contributed by atoms with Crippen molar-refractivity contribution >= 4 is 16.8 Å². The lowest BCUT2D eigenvalue weighted by atomic mass is 10.1. The number of hydrogen-bond acceptors (Lipinski definition) is 3. The molecule has 17 heavy (non-hydrogen) atoms. The Morgan fingerprint density at radius 1 is 1.41 bits per heavy atom. The Bertz CT molecular complexity index is 298. The van der Waals surface area contributed by atoms with Crippen molar-refractivity contribution in [3.63, 3.8) is 0 Å². The Morgan fingerprint density at radius 2 is 1.94 bits per heavy atom. The van der Waals surface area contributed by atoms with E-state index in [-0.39, 0.29) is 6.04 Å². The summed E-state index contributed by atoms with van der Waals surface area (Å²) in [5.74, 6) is -3.33. The summed E-state index contributed by atoms with van der Waals surface area (Å²) >= 11 is 0. The Balaban J connectivity index is 2.42. The highest BCUT2D eigenvalue weighted by molar-refractivity contribution is 7.85. The Labute approximate surface area is 99.0 Å². The number of rotatable bonds is 4. The van der Waals surface area contributed by atoms with Gasteiger partial charge in [-0.2, -0.15) is 13.2 Å². The van der Waals surface area contributed by atoms with Crippen LogP contribution in [0.4, 0.5) is 13.2 Å². The first-order valence-electron chi connectivity index (χ1n) is 5.18. The lowest BCUT2D eigenvalue weighted by Gasteiger charge is -2.25. The molecular formula is C9H14F3NO3S. The molecule has 1 atom stereocenters.